The van der Waals surface area contributed by atoms with Crippen LogP contribution in [0.15, 0.2) is 57.8 Å². The highest BCUT2D eigenvalue weighted by molar-refractivity contribution is 7.89. The summed E-state index contributed by atoms with van der Waals surface area (Å²) >= 11 is 0. The number of nitrogens with one attached hydrogen (secondary N) is 1. The van der Waals surface area contributed by atoms with Gasteiger partial charge in [-0.15, -0.1) is 0 Å². The van der Waals surface area contributed by atoms with Crippen molar-refractivity contribution in [2.24, 2.45) is 11.8 Å². The van der Waals surface area contributed by atoms with Crippen molar-refractivity contribution in [1.29, 1.82) is 0 Å². The largest absolute Gasteiger partial charge is 0.451 e. The monoisotopic (exact) mass is 482 g/mol. The second-order valence-corrected chi connectivity index (χ2v) is 11.8. The quantitative estimate of drug-likeness (QED) is 0.505. The Morgan fingerprint density at radius 3 is 2.47 bits per heavy atom. The number of hydrogen-bond acceptors (Lipinski definition) is 4. The molecule has 1 fully saturated rings. The van der Waals surface area contributed by atoms with E-state index in [4.69, 9.17) is 4.42 Å². The van der Waals surface area contributed by atoms with Gasteiger partial charge in [0.2, 0.25) is 10.0 Å². The summed E-state index contributed by atoms with van der Waals surface area (Å²) in [6.45, 7) is 9.02. The molecule has 1 amide bonds. The smallest absolute Gasteiger partial charge is 0.287 e. The lowest BCUT2D eigenvalue weighted by atomic mass is 9.94. The van der Waals surface area contributed by atoms with Crippen LogP contribution in [0.25, 0.3) is 11.0 Å². The average Bonchev–Trinajstić information content (AvgIpc) is 3.14. The summed E-state index contributed by atoms with van der Waals surface area (Å²) in [5.41, 5.74) is 2.40. The Morgan fingerprint density at radius 1 is 1.12 bits per heavy atom. The van der Waals surface area contributed by atoms with Crippen molar-refractivity contribution in [2.45, 2.75) is 57.9 Å². The van der Waals surface area contributed by atoms with E-state index in [0.29, 0.717) is 41.5 Å². The van der Waals surface area contributed by atoms with Gasteiger partial charge in [-0.25, -0.2) is 8.42 Å². The van der Waals surface area contributed by atoms with Gasteiger partial charge >= 0.3 is 0 Å². The first-order chi connectivity index (χ1) is 16.1. The lowest BCUT2D eigenvalue weighted by Gasteiger charge is -2.34. The van der Waals surface area contributed by atoms with E-state index in [-0.39, 0.29) is 22.6 Å². The Labute approximate surface area is 202 Å². The number of carbonyl (C=O) groups is 1. The van der Waals surface area contributed by atoms with E-state index in [1.807, 2.05) is 25.1 Å². The molecule has 1 aromatic heterocycles. The Balaban J connectivity index is 1.51. The maximum atomic E-state index is 13.3. The number of furan rings is 1. The molecule has 0 bridgehead atoms. The molecule has 1 N–H and O–H groups in total. The van der Waals surface area contributed by atoms with Crippen molar-refractivity contribution >= 4 is 26.9 Å². The molecule has 2 aromatic carbocycles. The summed E-state index contributed by atoms with van der Waals surface area (Å²) < 4.78 is 34.1. The fraction of sp³-hybridized carbons (Fsp3) is 0.444. The second-order valence-electron chi connectivity index (χ2n) is 9.88. The molecule has 1 aliphatic heterocycles. The molecule has 0 saturated carbocycles. The number of amides is 1. The van der Waals surface area contributed by atoms with Gasteiger partial charge in [-0.1, -0.05) is 44.2 Å². The molecule has 3 aromatic rings. The van der Waals surface area contributed by atoms with Crippen LogP contribution in [-0.2, 0) is 16.4 Å². The van der Waals surface area contributed by atoms with Crippen molar-refractivity contribution in [3.05, 3.63) is 65.4 Å². The molecule has 0 aliphatic carbocycles. The molecular formula is C27H34N2O4S. The van der Waals surface area contributed by atoms with E-state index < -0.39 is 10.0 Å². The summed E-state index contributed by atoms with van der Waals surface area (Å²) in [5, 5.41) is 3.67. The van der Waals surface area contributed by atoms with Gasteiger partial charge in [0.1, 0.15) is 5.58 Å². The van der Waals surface area contributed by atoms with Crippen molar-refractivity contribution < 1.29 is 17.6 Å². The fourth-order valence-corrected chi connectivity index (χ4v) is 6.62. The van der Waals surface area contributed by atoms with Crippen molar-refractivity contribution in [3.63, 3.8) is 0 Å². The van der Waals surface area contributed by atoms with Crippen LogP contribution in [0, 0.1) is 18.8 Å². The number of carbonyl (C=O) groups excluding carboxylic acids is 1. The lowest BCUT2D eigenvalue weighted by Crippen LogP contribution is -2.42. The summed E-state index contributed by atoms with van der Waals surface area (Å²) in [5.74, 6) is 0.614. The minimum atomic E-state index is -3.61. The van der Waals surface area contributed by atoms with Crippen LogP contribution >= 0.6 is 0 Å². The van der Waals surface area contributed by atoms with Crippen LogP contribution < -0.4 is 5.32 Å². The van der Waals surface area contributed by atoms with Crippen LogP contribution in [0.3, 0.4) is 0 Å². The minimum Gasteiger partial charge on any atom is -0.451 e. The van der Waals surface area contributed by atoms with E-state index in [2.05, 4.69) is 31.3 Å². The van der Waals surface area contributed by atoms with E-state index in [9.17, 15) is 13.2 Å². The van der Waals surface area contributed by atoms with Crippen molar-refractivity contribution in [3.8, 4) is 0 Å². The Hall–Kier alpha value is -2.64. The highest BCUT2D eigenvalue weighted by atomic mass is 32.2. The molecule has 6 nitrogen and oxygen atoms in total. The van der Waals surface area contributed by atoms with Crippen molar-refractivity contribution in [2.75, 3.05) is 13.1 Å². The minimum absolute atomic E-state index is 0.0284. The number of aryl methyl sites for hydroxylation is 2. The summed E-state index contributed by atoms with van der Waals surface area (Å²) in [7, 11) is -3.61. The Morgan fingerprint density at radius 2 is 1.79 bits per heavy atom. The molecule has 2 heterocycles. The van der Waals surface area contributed by atoms with Crippen LogP contribution in [0.1, 0.15) is 55.3 Å². The molecule has 1 aliphatic rings. The van der Waals surface area contributed by atoms with Crippen LogP contribution in [-0.4, -0.2) is 37.8 Å². The molecule has 0 spiro atoms. The van der Waals surface area contributed by atoms with E-state index in [1.54, 1.807) is 29.4 Å². The number of benzene rings is 2. The standard InChI is InChI=1S/C27H34N2O4S/c1-18-14-19(2)17-29(16-18)34(31,32)23-12-13-25-24(15-23)21(4)26(33-25)27(30)28-20(3)10-11-22-8-6-5-7-9-22/h5-9,12-13,15,18-20H,10-11,14,16-17H2,1-4H3,(H,28,30)/t18-,19+,20-/m0/s1. The van der Waals surface area contributed by atoms with Gasteiger partial charge < -0.3 is 9.73 Å². The first kappa shape index (κ1) is 24.5. The summed E-state index contributed by atoms with van der Waals surface area (Å²) in [4.78, 5) is 13.2. The number of fused-ring (bicyclic) bond motifs is 1. The third kappa shape index (κ3) is 5.20. The molecule has 3 atom stereocenters. The third-order valence-corrected chi connectivity index (χ3v) is 8.50. The van der Waals surface area contributed by atoms with E-state index in [1.165, 1.54) is 5.56 Å². The van der Waals surface area contributed by atoms with Gasteiger partial charge in [-0.2, -0.15) is 4.31 Å². The lowest BCUT2D eigenvalue weighted by molar-refractivity contribution is 0.0911. The van der Waals surface area contributed by atoms with E-state index in [0.717, 1.165) is 19.3 Å². The predicted molar refractivity (Wildman–Crippen MR) is 134 cm³/mol. The van der Waals surface area contributed by atoms with Gasteiger partial charge in [0, 0.05) is 30.1 Å². The Kier molecular flexibility index (Phi) is 7.14. The first-order valence-electron chi connectivity index (χ1n) is 12.0. The average molecular weight is 483 g/mol. The topological polar surface area (TPSA) is 79.6 Å². The van der Waals surface area contributed by atoms with Crippen LogP contribution in [0.4, 0.5) is 0 Å². The summed E-state index contributed by atoms with van der Waals surface area (Å²) in [6.07, 6.45) is 2.72. The van der Waals surface area contributed by atoms with Crippen LogP contribution in [0.5, 0.6) is 0 Å². The van der Waals surface area contributed by atoms with Gasteiger partial charge in [0.05, 0.1) is 4.90 Å². The molecule has 1 saturated heterocycles. The molecule has 34 heavy (non-hydrogen) atoms. The number of hydrogen-bond donors (Lipinski definition) is 1. The van der Waals surface area contributed by atoms with Crippen molar-refractivity contribution in [1.82, 2.24) is 9.62 Å². The molecule has 0 unspecified atom stereocenters. The zero-order valence-electron chi connectivity index (χ0n) is 20.4. The molecular weight excluding hydrogens is 448 g/mol. The second kappa shape index (κ2) is 9.92. The SMILES string of the molecule is Cc1c(C(=O)N[C@@H](C)CCc2ccccc2)oc2ccc(S(=O)(=O)N3C[C@H](C)C[C@H](C)C3)cc12. The number of piperidine rings is 1. The highest BCUT2D eigenvalue weighted by Gasteiger charge is 2.32. The first-order valence-corrected chi connectivity index (χ1v) is 13.5. The van der Waals surface area contributed by atoms with E-state index >= 15 is 0 Å². The maximum absolute atomic E-state index is 13.3. The molecule has 4 rings (SSSR count). The number of nitrogens with zero attached hydrogens (tertiary/aromatic N) is 1. The zero-order valence-corrected chi connectivity index (χ0v) is 21.2. The predicted octanol–water partition coefficient (Wildman–Crippen LogP) is 5.16. The third-order valence-electron chi connectivity index (χ3n) is 6.67. The molecule has 182 valence electrons. The fourth-order valence-electron chi connectivity index (χ4n) is 4.92. The van der Waals surface area contributed by atoms with Gasteiger partial charge in [-0.05, 0) is 68.7 Å². The normalized spacial score (nSPS) is 20.4. The van der Waals surface area contributed by atoms with Crippen LogP contribution in [0.2, 0.25) is 0 Å². The van der Waals surface area contributed by atoms with Gasteiger partial charge in [0.25, 0.3) is 5.91 Å². The Bertz CT molecular complexity index is 1260. The molecule has 7 heteroatoms. The van der Waals surface area contributed by atoms with Gasteiger partial charge in [-0.3, -0.25) is 4.79 Å². The maximum Gasteiger partial charge on any atom is 0.287 e. The number of rotatable bonds is 7. The number of sulfonamides is 1. The van der Waals surface area contributed by atoms with Gasteiger partial charge in [0.15, 0.2) is 5.76 Å². The summed E-state index contributed by atoms with van der Waals surface area (Å²) in [6, 6.07) is 15.0. The highest BCUT2D eigenvalue weighted by Crippen LogP contribution is 2.31. The molecule has 0 radical (unpaired) electrons. The zero-order chi connectivity index (χ0) is 24.5.